The molecule has 122 valence electrons. The fraction of sp³-hybridized carbons (Fsp3) is 0.381. The van der Waals surface area contributed by atoms with Crippen LogP contribution in [0.4, 0.5) is 0 Å². The maximum absolute atomic E-state index is 12.4. The summed E-state index contributed by atoms with van der Waals surface area (Å²) < 4.78 is 0. The van der Waals surface area contributed by atoms with Crippen LogP contribution in [0.5, 0.6) is 0 Å². The molecular weight excluding hydrogens is 282 g/mol. The first-order valence-corrected chi connectivity index (χ1v) is 8.17. The van der Waals surface area contributed by atoms with Crippen LogP contribution in [0.15, 0.2) is 42.5 Å². The van der Waals surface area contributed by atoms with Crippen molar-refractivity contribution in [2.45, 2.75) is 53.0 Å². The van der Waals surface area contributed by atoms with Crippen LogP contribution in [0, 0.1) is 13.8 Å². The van der Waals surface area contributed by atoms with E-state index in [4.69, 9.17) is 0 Å². The van der Waals surface area contributed by atoms with Gasteiger partial charge in [0.25, 0.3) is 5.91 Å². The highest BCUT2D eigenvalue weighted by atomic mass is 16.1. The number of carbonyl (C=O) groups is 1. The number of rotatable bonds is 3. The molecule has 0 spiro atoms. The van der Waals surface area contributed by atoms with Crippen LogP contribution in [0.3, 0.4) is 0 Å². The third-order valence-electron chi connectivity index (χ3n) is 4.39. The smallest absolute Gasteiger partial charge is 0.251 e. The Hall–Kier alpha value is -2.09. The first-order chi connectivity index (χ1) is 10.7. The van der Waals surface area contributed by atoms with Crippen molar-refractivity contribution < 1.29 is 4.79 Å². The topological polar surface area (TPSA) is 29.1 Å². The normalized spacial score (nSPS) is 12.8. The van der Waals surface area contributed by atoms with Crippen molar-refractivity contribution in [2.75, 3.05) is 0 Å². The minimum atomic E-state index is -0.0273. The summed E-state index contributed by atoms with van der Waals surface area (Å²) in [5.74, 6) is -0.0273. The Balaban J connectivity index is 2.10. The number of benzene rings is 2. The number of carbonyl (C=O) groups excluding carboxylic acids is 1. The largest absolute Gasteiger partial charge is 0.346 e. The highest BCUT2D eigenvalue weighted by Crippen LogP contribution is 2.24. The Morgan fingerprint density at radius 1 is 0.957 bits per heavy atom. The average Bonchev–Trinajstić information content (AvgIpc) is 2.49. The molecular formula is C21H27NO. The summed E-state index contributed by atoms with van der Waals surface area (Å²) in [7, 11) is 0. The molecule has 0 aliphatic rings. The zero-order chi connectivity index (χ0) is 17.2. The minimum Gasteiger partial charge on any atom is -0.346 e. The van der Waals surface area contributed by atoms with Crippen molar-refractivity contribution in [3.63, 3.8) is 0 Å². The zero-order valence-electron chi connectivity index (χ0n) is 15.0. The Morgan fingerprint density at radius 3 is 2.09 bits per heavy atom. The fourth-order valence-corrected chi connectivity index (χ4v) is 2.52. The molecule has 0 heterocycles. The fourth-order valence-electron chi connectivity index (χ4n) is 2.52. The lowest BCUT2D eigenvalue weighted by Gasteiger charge is -2.21. The van der Waals surface area contributed by atoms with Crippen molar-refractivity contribution in [3.05, 3.63) is 70.3 Å². The molecule has 0 saturated heterocycles. The van der Waals surface area contributed by atoms with Gasteiger partial charge in [-0.15, -0.1) is 0 Å². The third kappa shape index (κ3) is 4.22. The van der Waals surface area contributed by atoms with Crippen LogP contribution in [-0.4, -0.2) is 5.91 Å². The Bertz CT molecular complexity index is 693. The molecule has 0 aliphatic carbocycles. The van der Waals surface area contributed by atoms with Gasteiger partial charge in [0.1, 0.15) is 0 Å². The third-order valence-corrected chi connectivity index (χ3v) is 4.39. The molecule has 0 fully saturated rings. The van der Waals surface area contributed by atoms with E-state index in [0.717, 1.165) is 11.1 Å². The molecule has 2 heteroatoms. The van der Waals surface area contributed by atoms with Gasteiger partial charge in [-0.1, -0.05) is 51.1 Å². The van der Waals surface area contributed by atoms with E-state index in [1.54, 1.807) is 0 Å². The van der Waals surface area contributed by atoms with Gasteiger partial charge in [-0.2, -0.15) is 0 Å². The summed E-state index contributed by atoms with van der Waals surface area (Å²) in [6.07, 6.45) is 0. The molecule has 0 radical (unpaired) electrons. The van der Waals surface area contributed by atoms with Crippen LogP contribution in [-0.2, 0) is 5.41 Å². The molecule has 2 nitrogen and oxygen atoms in total. The van der Waals surface area contributed by atoms with E-state index in [1.165, 1.54) is 11.1 Å². The number of aryl methyl sites for hydroxylation is 2. The summed E-state index contributed by atoms with van der Waals surface area (Å²) in [6, 6.07) is 14.3. The minimum absolute atomic E-state index is 0.0156. The van der Waals surface area contributed by atoms with E-state index in [-0.39, 0.29) is 17.4 Å². The number of hydrogen-bond donors (Lipinski definition) is 1. The molecule has 23 heavy (non-hydrogen) atoms. The van der Waals surface area contributed by atoms with E-state index in [1.807, 2.05) is 32.0 Å². The SMILES string of the molecule is Cc1ccc(C(=O)N[C@H](C)c2ccc(C(C)(C)C)cc2)cc1C. The summed E-state index contributed by atoms with van der Waals surface area (Å²) in [5.41, 5.74) is 5.62. The van der Waals surface area contributed by atoms with Gasteiger partial charge in [0.05, 0.1) is 6.04 Å². The van der Waals surface area contributed by atoms with Crippen molar-refractivity contribution >= 4 is 5.91 Å². The first-order valence-electron chi connectivity index (χ1n) is 8.17. The van der Waals surface area contributed by atoms with Crippen molar-refractivity contribution in [2.24, 2.45) is 0 Å². The maximum atomic E-state index is 12.4. The number of amides is 1. The number of nitrogens with one attached hydrogen (secondary N) is 1. The monoisotopic (exact) mass is 309 g/mol. The lowest BCUT2D eigenvalue weighted by atomic mass is 9.86. The van der Waals surface area contributed by atoms with Crippen LogP contribution in [0.2, 0.25) is 0 Å². The molecule has 0 aromatic heterocycles. The van der Waals surface area contributed by atoms with Crippen LogP contribution in [0.25, 0.3) is 0 Å². The van der Waals surface area contributed by atoms with Crippen LogP contribution >= 0.6 is 0 Å². The Kier molecular flexibility index (Phi) is 4.93. The highest BCUT2D eigenvalue weighted by Gasteiger charge is 2.15. The Morgan fingerprint density at radius 2 is 1.57 bits per heavy atom. The van der Waals surface area contributed by atoms with Gasteiger partial charge < -0.3 is 5.32 Å². The average molecular weight is 309 g/mol. The lowest BCUT2D eigenvalue weighted by Crippen LogP contribution is -2.26. The van der Waals surface area contributed by atoms with E-state index in [0.29, 0.717) is 5.56 Å². The molecule has 0 aliphatic heterocycles. The zero-order valence-corrected chi connectivity index (χ0v) is 15.0. The first kappa shape index (κ1) is 17.3. The molecule has 2 aromatic rings. The number of hydrogen-bond acceptors (Lipinski definition) is 1. The van der Waals surface area contributed by atoms with Crippen molar-refractivity contribution in [1.82, 2.24) is 5.32 Å². The summed E-state index contributed by atoms with van der Waals surface area (Å²) >= 11 is 0. The van der Waals surface area contributed by atoms with Crippen molar-refractivity contribution in [3.8, 4) is 0 Å². The molecule has 1 N–H and O–H groups in total. The van der Waals surface area contributed by atoms with Crippen LogP contribution < -0.4 is 5.32 Å². The highest BCUT2D eigenvalue weighted by molar-refractivity contribution is 5.94. The Labute approximate surface area is 139 Å². The molecule has 1 amide bonds. The molecule has 0 unspecified atom stereocenters. The lowest BCUT2D eigenvalue weighted by molar-refractivity contribution is 0.0940. The van der Waals surface area contributed by atoms with E-state index >= 15 is 0 Å². The maximum Gasteiger partial charge on any atom is 0.251 e. The van der Waals surface area contributed by atoms with Gasteiger partial charge in [-0.25, -0.2) is 0 Å². The molecule has 0 saturated carbocycles. The van der Waals surface area contributed by atoms with Gasteiger partial charge in [0.2, 0.25) is 0 Å². The molecule has 1 atom stereocenters. The van der Waals surface area contributed by atoms with Gasteiger partial charge >= 0.3 is 0 Å². The summed E-state index contributed by atoms with van der Waals surface area (Å²) in [6.45, 7) is 12.7. The summed E-state index contributed by atoms with van der Waals surface area (Å²) in [4.78, 5) is 12.4. The van der Waals surface area contributed by atoms with Gasteiger partial charge in [0, 0.05) is 5.56 Å². The molecule has 0 bridgehead atoms. The summed E-state index contributed by atoms with van der Waals surface area (Å²) in [5, 5.41) is 3.08. The van der Waals surface area contributed by atoms with Crippen molar-refractivity contribution in [1.29, 1.82) is 0 Å². The van der Waals surface area contributed by atoms with Gasteiger partial charge in [0.15, 0.2) is 0 Å². The standard InChI is InChI=1S/C21H27NO/c1-14-7-8-18(13-15(14)2)20(23)22-16(3)17-9-11-19(12-10-17)21(4,5)6/h7-13,16H,1-6H3,(H,22,23)/t16-/m1/s1. The van der Waals surface area contributed by atoms with E-state index < -0.39 is 0 Å². The molecule has 2 aromatic carbocycles. The second-order valence-electron chi connectivity index (χ2n) is 7.37. The van der Waals surface area contributed by atoms with Crippen LogP contribution in [0.1, 0.15) is 66.3 Å². The van der Waals surface area contributed by atoms with Gasteiger partial charge in [-0.3, -0.25) is 4.79 Å². The van der Waals surface area contributed by atoms with E-state index in [2.05, 4.69) is 57.3 Å². The van der Waals surface area contributed by atoms with Gasteiger partial charge in [-0.05, 0) is 60.6 Å². The predicted octanol–water partition coefficient (Wildman–Crippen LogP) is 5.09. The molecule has 2 rings (SSSR count). The second kappa shape index (κ2) is 6.57. The second-order valence-corrected chi connectivity index (χ2v) is 7.37. The van der Waals surface area contributed by atoms with E-state index in [9.17, 15) is 4.79 Å². The predicted molar refractivity (Wildman–Crippen MR) is 96.9 cm³/mol. The quantitative estimate of drug-likeness (QED) is 0.840.